The van der Waals surface area contributed by atoms with Crippen LogP contribution in [0, 0.1) is 5.92 Å². The van der Waals surface area contributed by atoms with Crippen molar-refractivity contribution < 1.29 is 5.11 Å². The van der Waals surface area contributed by atoms with E-state index in [1.807, 2.05) is 38.1 Å². The van der Waals surface area contributed by atoms with Gasteiger partial charge in [-0.15, -0.1) is 0 Å². The number of hydrogen-bond acceptors (Lipinski definition) is 4. The van der Waals surface area contributed by atoms with E-state index in [1.54, 1.807) is 19.3 Å². The zero-order valence-electron chi connectivity index (χ0n) is 21.9. The van der Waals surface area contributed by atoms with Gasteiger partial charge in [-0.3, -0.25) is 9.89 Å². The Morgan fingerprint density at radius 3 is 2.50 bits per heavy atom. The maximum absolute atomic E-state index is 9.98. The van der Waals surface area contributed by atoms with Crippen molar-refractivity contribution in [3.05, 3.63) is 92.5 Å². The molecule has 2 N–H and O–H groups in total. The van der Waals surface area contributed by atoms with Gasteiger partial charge in [-0.05, 0) is 91.4 Å². The molecule has 1 atom stereocenters. The fourth-order valence-corrected chi connectivity index (χ4v) is 4.63. The molecule has 0 amide bonds. The predicted molar refractivity (Wildman–Crippen MR) is 163 cm³/mol. The Balaban J connectivity index is 0.000000493. The van der Waals surface area contributed by atoms with Gasteiger partial charge in [0.1, 0.15) is 5.75 Å². The highest BCUT2D eigenvalue weighted by molar-refractivity contribution is 9.12. The normalized spacial score (nSPS) is 16.3. The van der Waals surface area contributed by atoms with Crippen LogP contribution in [0.1, 0.15) is 44.7 Å². The summed E-state index contributed by atoms with van der Waals surface area (Å²) in [6.45, 7) is 14.5. The first-order valence-electron chi connectivity index (χ1n) is 12.3. The summed E-state index contributed by atoms with van der Waals surface area (Å²) in [5.41, 5.74) is 5.28. The monoisotopic (exact) mass is 615 g/mol. The second-order valence-electron chi connectivity index (χ2n) is 9.32. The number of rotatable bonds is 8. The molecule has 2 aromatic carbocycles. The number of allylic oxidation sites excluding steroid dienone is 5. The first-order valence-corrected chi connectivity index (χ1v) is 13.9. The van der Waals surface area contributed by atoms with Gasteiger partial charge in [0.2, 0.25) is 0 Å². The minimum atomic E-state index is 0.270. The average molecular weight is 617 g/mol. The van der Waals surface area contributed by atoms with Crippen molar-refractivity contribution >= 4 is 43.6 Å². The number of hydrogen-bond donors (Lipinski definition) is 2. The average Bonchev–Trinajstić information content (AvgIpc) is 2.85. The van der Waals surface area contributed by atoms with Gasteiger partial charge in [0.05, 0.1) is 0 Å². The molecule has 0 aromatic heterocycles. The van der Waals surface area contributed by atoms with E-state index in [-0.39, 0.29) is 5.75 Å². The van der Waals surface area contributed by atoms with Gasteiger partial charge in [0.25, 0.3) is 0 Å². The number of nitrogens with one attached hydrogen (secondary N) is 1. The van der Waals surface area contributed by atoms with Crippen LogP contribution in [0.5, 0.6) is 5.75 Å². The van der Waals surface area contributed by atoms with Crippen LogP contribution in [0.2, 0.25) is 0 Å². The van der Waals surface area contributed by atoms with Crippen LogP contribution >= 0.6 is 31.9 Å². The fourth-order valence-electron chi connectivity index (χ4n) is 4.01. The molecular formula is C30H39Br2N3O. The summed E-state index contributed by atoms with van der Waals surface area (Å²) < 4.78 is 2.26. The molecule has 36 heavy (non-hydrogen) atoms. The third-order valence-corrected chi connectivity index (χ3v) is 7.76. The Bertz CT molecular complexity index is 1090. The molecule has 0 radical (unpaired) electrons. The molecule has 2 aromatic rings. The second-order valence-corrected chi connectivity index (χ2v) is 11.0. The van der Waals surface area contributed by atoms with Crippen molar-refractivity contribution in [2.45, 2.75) is 40.2 Å². The lowest BCUT2D eigenvalue weighted by molar-refractivity contribution is 0.167. The fraction of sp³-hybridized carbons (Fsp3) is 0.367. The molecular weight excluding hydrogens is 578 g/mol. The topological polar surface area (TPSA) is 47.9 Å². The van der Waals surface area contributed by atoms with Crippen LogP contribution in [0.4, 0.5) is 0 Å². The van der Waals surface area contributed by atoms with Crippen LogP contribution in [-0.4, -0.2) is 42.9 Å². The first-order chi connectivity index (χ1) is 17.2. The van der Waals surface area contributed by atoms with Gasteiger partial charge in [-0.25, -0.2) is 0 Å². The van der Waals surface area contributed by atoms with Crippen molar-refractivity contribution in [1.29, 1.82) is 0 Å². The Hall–Kier alpha value is -2.15. The molecule has 6 heteroatoms. The first kappa shape index (κ1) is 30.1. The Morgan fingerprint density at radius 1 is 1.17 bits per heavy atom. The number of benzene rings is 2. The smallest absolute Gasteiger partial charge is 0.123 e. The van der Waals surface area contributed by atoms with Crippen molar-refractivity contribution in [2.24, 2.45) is 10.9 Å². The third-order valence-electron chi connectivity index (χ3n) is 5.99. The molecule has 1 unspecified atom stereocenters. The summed E-state index contributed by atoms with van der Waals surface area (Å²) in [5, 5.41) is 13.5. The molecule has 0 spiro atoms. The zero-order chi connectivity index (χ0) is 26.5. The van der Waals surface area contributed by atoms with Crippen LogP contribution in [0.25, 0.3) is 5.57 Å². The summed E-state index contributed by atoms with van der Waals surface area (Å²) in [6.07, 6.45) is 6.30. The summed E-state index contributed by atoms with van der Waals surface area (Å²) in [7, 11) is 1.75. The van der Waals surface area contributed by atoms with E-state index < -0.39 is 0 Å². The van der Waals surface area contributed by atoms with E-state index in [0.717, 1.165) is 47.5 Å². The predicted octanol–water partition coefficient (Wildman–Crippen LogP) is 7.95. The minimum absolute atomic E-state index is 0.270. The summed E-state index contributed by atoms with van der Waals surface area (Å²) in [6, 6.07) is 15.8. The van der Waals surface area contributed by atoms with E-state index in [0.29, 0.717) is 5.92 Å². The minimum Gasteiger partial charge on any atom is -0.507 e. The number of para-hydroxylation sites is 1. The van der Waals surface area contributed by atoms with Crippen molar-refractivity contribution in [1.82, 2.24) is 10.2 Å². The van der Waals surface area contributed by atoms with Crippen molar-refractivity contribution in [3.63, 3.8) is 0 Å². The number of likely N-dealkylation sites (tertiary alicyclic amines) is 1. The summed E-state index contributed by atoms with van der Waals surface area (Å²) in [5.74, 6) is 0.907. The van der Waals surface area contributed by atoms with Crippen LogP contribution in [-0.2, 0) is 6.54 Å². The molecule has 0 aliphatic carbocycles. The molecule has 1 aliphatic heterocycles. The molecule has 3 rings (SSSR count). The van der Waals surface area contributed by atoms with Gasteiger partial charge in [-0.1, -0.05) is 64.5 Å². The van der Waals surface area contributed by atoms with E-state index in [1.165, 1.54) is 28.5 Å². The van der Waals surface area contributed by atoms with Crippen LogP contribution < -0.4 is 5.32 Å². The largest absolute Gasteiger partial charge is 0.507 e. The lowest BCUT2D eigenvalue weighted by Gasteiger charge is -2.33. The number of nitrogens with zero attached hydrogens (tertiary/aromatic N) is 2. The molecule has 194 valence electrons. The molecule has 4 nitrogen and oxygen atoms in total. The lowest BCUT2D eigenvalue weighted by Crippen LogP contribution is -2.39. The Kier molecular flexibility index (Phi) is 13.2. The molecule has 1 fully saturated rings. The highest BCUT2D eigenvalue weighted by atomic mass is 79.9. The molecule has 1 saturated heterocycles. The van der Waals surface area contributed by atoms with E-state index in [9.17, 15) is 5.11 Å². The quantitative estimate of drug-likeness (QED) is 0.234. The molecule has 1 aliphatic rings. The van der Waals surface area contributed by atoms with Gasteiger partial charge >= 0.3 is 0 Å². The number of phenolic OH excluding ortho intramolecular Hbond substituents is 1. The summed E-state index contributed by atoms with van der Waals surface area (Å²) in [4.78, 5) is 6.38. The van der Waals surface area contributed by atoms with Crippen LogP contribution in [0.15, 0.2) is 86.4 Å². The highest BCUT2D eigenvalue weighted by Crippen LogP contribution is 2.25. The maximum Gasteiger partial charge on any atom is 0.123 e. The SMILES string of the molecule is C=C(/C=C(\C)NCC1CCCN(Cc2ccccc2Br)C1)c1ccccc1O.CN=CC(Br)=C(C)C. The van der Waals surface area contributed by atoms with Crippen LogP contribution in [0.3, 0.4) is 0 Å². The molecule has 0 saturated carbocycles. The number of halogens is 2. The lowest BCUT2D eigenvalue weighted by atomic mass is 9.97. The van der Waals surface area contributed by atoms with Gasteiger partial charge in [0, 0.05) is 53.1 Å². The van der Waals surface area contributed by atoms with Gasteiger partial charge in [-0.2, -0.15) is 0 Å². The van der Waals surface area contributed by atoms with Gasteiger partial charge in [0.15, 0.2) is 0 Å². The standard InChI is InChI=1S/C24H29BrN2O.C6H10BrN/c1-18(22-10-4-6-12-24(22)28)14-19(2)26-15-20-8-7-13-27(16-20)17-21-9-3-5-11-23(21)25;1-5(2)6(7)4-8-3/h3-6,9-12,14,20,26,28H,1,7-8,13,15-17H2,2H3;4H,1-3H3/b19-14+;. The van der Waals surface area contributed by atoms with E-state index in [2.05, 4.69) is 84.8 Å². The Labute approximate surface area is 234 Å². The van der Waals surface area contributed by atoms with Crippen molar-refractivity contribution in [3.8, 4) is 5.75 Å². The molecule has 0 bridgehead atoms. The second kappa shape index (κ2) is 15.9. The zero-order valence-corrected chi connectivity index (χ0v) is 25.1. The van der Waals surface area contributed by atoms with E-state index in [4.69, 9.17) is 0 Å². The third kappa shape index (κ3) is 10.5. The van der Waals surface area contributed by atoms with Gasteiger partial charge < -0.3 is 10.4 Å². The highest BCUT2D eigenvalue weighted by Gasteiger charge is 2.20. The molecule has 1 heterocycles. The number of piperidine rings is 1. The summed E-state index contributed by atoms with van der Waals surface area (Å²) >= 11 is 7.00. The maximum atomic E-state index is 9.98. The number of phenols is 1. The van der Waals surface area contributed by atoms with Crippen molar-refractivity contribution in [2.75, 3.05) is 26.7 Å². The Morgan fingerprint density at radius 2 is 1.86 bits per heavy atom. The van der Waals surface area contributed by atoms with E-state index >= 15 is 0 Å². The number of aromatic hydroxyl groups is 1. The number of aliphatic imine (C=N–C) groups is 1.